The zero-order chi connectivity index (χ0) is 16.8. The Morgan fingerprint density at radius 2 is 2.17 bits per heavy atom. The third-order valence-electron chi connectivity index (χ3n) is 3.28. The fourth-order valence-corrected chi connectivity index (χ4v) is 2.66. The van der Waals surface area contributed by atoms with Gasteiger partial charge in [0.2, 0.25) is 17.7 Å². The van der Waals surface area contributed by atoms with E-state index in [2.05, 4.69) is 26.1 Å². The Balaban J connectivity index is 1.86. The molecule has 9 nitrogen and oxygen atoms in total. The standard InChI is InChI=1S/C13H19N5O4S/c1-3-4-14-9(19)6-23-13-18-17-10(22-13)5-8-7(2)15-12(21)16-11(8)20/h7-8H,3-6H2,1-2H3,(H,14,19)(H2,15,16,20,21). The summed E-state index contributed by atoms with van der Waals surface area (Å²) in [5, 5.41) is 15.6. The highest BCUT2D eigenvalue weighted by Gasteiger charge is 2.34. The van der Waals surface area contributed by atoms with Crippen LogP contribution in [0.2, 0.25) is 0 Å². The summed E-state index contributed by atoms with van der Waals surface area (Å²) in [7, 11) is 0. The molecule has 0 spiro atoms. The number of carbonyl (C=O) groups excluding carboxylic acids is 3. The third kappa shape index (κ3) is 4.95. The molecule has 2 rings (SSSR count). The van der Waals surface area contributed by atoms with Gasteiger partial charge < -0.3 is 15.1 Å². The predicted octanol–water partition coefficient (Wildman–Crippen LogP) is 0.0745. The van der Waals surface area contributed by atoms with Gasteiger partial charge in [0.05, 0.1) is 11.7 Å². The molecular formula is C13H19N5O4S. The number of imide groups is 1. The van der Waals surface area contributed by atoms with E-state index in [1.807, 2.05) is 6.92 Å². The summed E-state index contributed by atoms with van der Waals surface area (Å²) < 4.78 is 5.43. The van der Waals surface area contributed by atoms with Gasteiger partial charge in [-0.3, -0.25) is 14.9 Å². The van der Waals surface area contributed by atoms with E-state index in [0.29, 0.717) is 12.4 Å². The van der Waals surface area contributed by atoms with Gasteiger partial charge in [0.1, 0.15) is 0 Å². The summed E-state index contributed by atoms with van der Waals surface area (Å²) >= 11 is 1.14. The molecule has 1 aliphatic rings. The highest BCUT2D eigenvalue weighted by Crippen LogP contribution is 2.19. The zero-order valence-electron chi connectivity index (χ0n) is 12.9. The van der Waals surface area contributed by atoms with Gasteiger partial charge >= 0.3 is 6.03 Å². The van der Waals surface area contributed by atoms with Crippen molar-refractivity contribution in [1.29, 1.82) is 0 Å². The number of urea groups is 1. The molecule has 0 aromatic carbocycles. The lowest BCUT2D eigenvalue weighted by atomic mass is 9.95. The van der Waals surface area contributed by atoms with E-state index in [9.17, 15) is 14.4 Å². The number of rotatable bonds is 7. The van der Waals surface area contributed by atoms with E-state index >= 15 is 0 Å². The van der Waals surface area contributed by atoms with E-state index in [1.165, 1.54) is 0 Å². The van der Waals surface area contributed by atoms with Crippen molar-refractivity contribution in [2.75, 3.05) is 12.3 Å². The first kappa shape index (κ1) is 17.3. The largest absolute Gasteiger partial charge is 0.416 e. The molecule has 126 valence electrons. The molecule has 10 heteroatoms. The molecule has 0 aliphatic carbocycles. The highest BCUT2D eigenvalue weighted by molar-refractivity contribution is 7.99. The Labute approximate surface area is 137 Å². The van der Waals surface area contributed by atoms with E-state index in [1.54, 1.807) is 6.92 Å². The van der Waals surface area contributed by atoms with Crippen LogP contribution >= 0.6 is 11.8 Å². The van der Waals surface area contributed by atoms with Crippen LogP contribution < -0.4 is 16.0 Å². The monoisotopic (exact) mass is 341 g/mol. The second-order valence-corrected chi connectivity index (χ2v) is 6.09. The smallest absolute Gasteiger partial charge is 0.321 e. The number of hydrogen-bond donors (Lipinski definition) is 3. The molecule has 1 fully saturated rings. The quantitative estimate of drug-likeness (QED) is 0.599. The number of thioether (sulfide) groups is 1. The molecule has 1 aromatic heterocycles. The van der Waals surface area contributed by atoms with Crippen molar-refractivity contribution < 1.29 is 18.8 Å². The van der Waals surface area contributed by atoms with Crippen molar-refractivity contribution >= 4 is 29.6 Å². The molecule has 4 amide bonds. The number of aromatic nitrogens is 2. The van der Waals surface area contributed by atoms with Gasteiger partial charge in [-0.1, -0.05) is 18.7 Å². The van der Waals surface area contributed by atoms with Gasteiger partial charge in [0.15, 0.2) is 0 Å². The fraction of sp³-hybridized carbons (Fsp3) is 0.615. The minimum atomic E-state index is -0.501. The van der Waals surface area contributed by atoms with Crippen LogP contribution in [0.25, 0.3) is 0 Å². The molecular weight excluding hydrogens is 322 g/mol. The van der Waals surface area contributed by atoms with Gasteiger partial charge in [-0.15, -0.1) is 10.2 Å². The molecule has 0 bridgehead atoms. The zero-order valence-corrected chi connectivity index (χ0v) is 13.7. The maximum Gasteiger partial charge on any atom is 0.321 e. The van der Waals surface area contributed by atoms with Gasteiger partial charge in [0, 0.05) is 19.0 Å². The Morgan fingerprint density at radius 1 is 1.39 bits per heavy atom. The number of carbonyl (C=O) groups is 3. The van der Waals surface area contributed by atoms with E-state index in [-0.39, 0.29) is 35.3 Å². The number of nitrogens with one attached hydrogen (secondary N) is 3. The van der Waals surface area contributed by atoms with E-state index < -0.39 is 11.9 Å². The SMILES string of the molecule is CCCNC(=O)CSc1nnc(CC2C(=O)NC(=O)NC2C)o1. The summed E-state index contributed by atoms with van der Waals surface area (Å²) in [6, 6.07) is -0.822. The second-order valence-electron chi connectivity index (χ2n) is 5.16. The Hall–Kier alpha value is -2.10. The molecule has 1 aliphatic heterocycles. The summed E-state index contributed by atoms with van der Waals surface area (Å²) in [5.74, 6) is -0.450. The first-order valence-electron chi connectivity index (χ1n) is 7.32. The van der Waals surface area contributed by atoms with Crippen molar-refractivity contribution in [3.8, 4) is 0 Å². The van der Waals surface area contributed by atoms with Gasteiger partial charge in [0.25, 0.3) is 5.22 Å². The van der Waals surface area contributed by atoms with Gasteiger partial charge in [-0.05, 0) is 13.3 Å². The Bertz CT molecular complexity index is 591. The molecule has 1 saturated heterocycles. The van der Waals surface area contributed by atoms with Gasteiger partial charge in [-0.25, -0.2) is 4.79 Å². The van der Waals surface area contributed by atoms with Crippen molar-refractivity contribution in [2.24, 2.45) is 5.92 Å². The number of amides is 4. The average Bonchev–Trinajstić information content (AvgIpc) is 2.94. The summed E-state index contributed by atoms with van der Waals surface area (Å²) in [4.78, 5) is 34.5. The molecule has 23 heavy (non-hydrogen) atoms. The molecule has 1 aromatic rings. The number of hydrogen-bond acceptors (Lipinski definition) is 7. The van der Waals surface area contributed by atoms with Crippen LogP contribution in [0.3, 0.4) is 0 Å². The normalized spacial score (nSPS) is 20.8. The molecule has 3 N–H and O–H groups in total. The molecule has 0 radical (unpaired) electrons. The summed E-state index contributed by atoms with van der Waals surface area (Å²) in [5.41, 5.74) is 0. The van der Waals surface area contributed by atoms with Crippen LogP contribution in [0, 0.1) is 5.92 Å². The summed E-state index contributed by atoms with van der Waals surface area (Å²) in [6.45, 7) is 4.35. The lowest BCUT2D eigenvalue weighted by Crippen LogP contribution is -2.57. The minimum absolute atomic E-state index is 0.0976. The average molecular weight is 341 g/mol. The predicted molar refractivity (Wildman–Crippen MR) is 81.7 cm³/mol. The molecule has 2 heterocycles. The van der Waals surface area contributed by atoms with E-state index in [4.69, 9.17) is 4.42 Å². The van der Waals surface area contributed by atoms with Crippen molar-refractivity contribution in [2.45, 2.75) is 38.0 Å². The third-order valence-corrected chi connectivity index (χ3v) is 4.10. The molecule has 2 atom stereocenters. The van der Waals surface area contributed by atoms with Crippen LogP contribution in [0.1, 0.15) is 26.2 Å². The maximum atomic E-state index is 11.8. The van der Waals surface area contributed by atoms with Crippen molar-refractivity contribution in [3.05, 3.63) is 5.89 Å². The second kappa shape index (κ2) is 7.95. The van der Waals surface area contributed by atoms with E-state index in [0.717, 1.165) is 18.2 Å². The summed E-state index contributed by atoms with van der Waals surface area (Å²) in [6.07, 6.45) is 1.10. The molecule has 0 saturated carbocycles. The van der Waals surface area contributed by atoms with Crippen LogP contribution in [0.15, 0.2) is 9.64 Å². The van der Waals surface area contributed by atoms with Crippen LogP contribution in [0.4, 0.5) is 4.79 Å². The van der Waals surface area contributed by atoms with Gasteiger partial charge in [-0.2, -0.15) is 0 Å². The first-order valence-corrected chi connectivity index (χ1v) is 8.31. The Morgan fingerprint density at radius 3 is 2.87 bits per heavy atom. The fourth-order valence-electron chi connectivity index (χ4n) is 2.05. The maximum absolute atomic E-state index is 11.8. The Kier molecular flexibility index (Phi) is 5.97. The topological polar surface area (TPSA) is 126 Å². The highest BCUT2D eigenvalue weighted by atomic mass is 32.2. The lowest BCUT2D eigenvalue weighted by Gasteiger charge is -2.27. The van der Waals surface area contributed by atoms with Crippen LogP contribution in [-0.2, 0) is 16.0 Å². The van der Waals surface area contributed by atoms with Crippen molar-refractivity contribution in [1.82, 2.24) is 26.1 Å². The first-order chi connectivity index (χ1) is 11.0. The molecule has 2 unspecified atom stereocenters. The number of nitrogens with zero attached hydrogens (tertiary/aromatic N) is 2. The minimum Gasteiger partial charge on any atom is -0.416 e. The van der Waals surface area contributed by atoms with Crippen LogP contribution in [0.5, 0.6) is 0 Å². The lowest BCUT2D eigenvalue weighted by molar-refractivity contribution is -0.125. The van der Waals surface area contributed by atoms with Crippen LogP contribution in [-0.4, -0.2) is 46.4 Å². The van der Waals surface area contributed by atoms with Crippen molar-refractivity contribution in [3.63, 3.8) is 0 Å².